The van der Waals surface area contributed by atoms with Crippen LogP contribution in [0.2, 0.25) is 0 Å². The summed E-state index contributed by atoms with van der Waals surface area (Å²) in [6.45, 7) is 5.93. The van der Waals surface area contributed by atoms with Crippen LogP contribution in [0.3, 0.4) is 0 Å². The Balaban J connectivity index is 1.81. The van der Waals surface area contributed by atoms with Gasteiger partial charge in [0.25, 0.3) is 0 Å². The molecule has 0 saturated carbocycles. The van der Waals surface area contributed by atoms with Gasteiger partial charge in [-0.1, -0.05) is 54.6 Å². The summed E-state index contributed by atoms with van der Waals surface area (Å²) in [5.41, 5.74) is 0.462. The number of fused-ring (bicyclic) bond motifs is 1. The fraction of sp³-hybridized carbons (Fsp3) is 0.429. The number of thioether (sulfide) groups is 1. The summed E-state index contributed by atoms with van der Waals surface area (Å²) >= 11 is 1.68. The average Bonchev–Trinajstić information content (AvgIpc) is 2.73. The highest BCUT2D eigenvalue weighted by atomic mass is 32.2. The van der Waals surface area contributed by atoms with E-state index in [1.807, 2.05) is 68.2 Å². The highest BCUT2D eigenvalue weighted by Gasteiger charge is 2.38. The van der Waals surface area contributed by atoms with Gasteiger partial charge in [-0.15, -0.1) is 11.8 Å². The lowest BCUT2D eigenvalue weighted by molar-refractivity contribution is -0.134. The second-order valence-corrected chi connectivity index (χ2v) is 8.92. The van der Waals surface area contributed by atoms with Crippen LogP contribution >= 0.6 is 11.8 Å². The van der Waals surface area contributed by atoms with E-state index >= 15 is 0 Å². The van der Waals surface area contributed by atoms with E-state index in [2.05, 4.69) is 17.5 Å². The molecular formula is C21H26N2O3S. The quantitative estimate of drug-likeness (QED) is 0.864. The van der Waals surface area contributed by atoms with Crippen LogP contribution in [-0.4, -0.2) is 45.6 Å². The molecule has 3 atom stereocenters. The maximum atomic E-state index is 13.3. The van der Waals surface area contributed by atoms with Gasteiger partial charge >= 0.3 is 6.09 Å². The van der Waals surface area contributed by atoms with Crippen LogP contribution in [0.25, 0.3) is 0 Å². The van der Waals surface area contributed by atoms with Crippen molar-refractivity contribution in [1.82, 2.24) is 10.2 Å². The number of allylic oxidation sites excluding steroid dienone is 2. The van der Waals surface area contributed by atoms with Gasteiger partial charge in [0.15, 0.2) is 0 Å². The fourth-order valence-corrected chi connectivity index (χ4v) is 4.43. The molecule has 1 saturated heterocycles. The summed E-state index contributed by atoms with van der Waals surface area (Å²) in [6.07, 6.45) is 7.62. The Morgan fingerprint density at radius 1 is 1.22 bits per heavy atom. The van der Waals surface area contributed by atoms with Crippen molar-refractivity contribution in [3.05, 3.63) is 60.2 Å². The van der Waals surface area contributed by atoms with Gasteiger partial charge in [-0.05, 0) is 26.3 Å². The van der Waals surface area contributed by atoms with Crippen molar-refractivity contribution in [3.8, 4) is 0 Å². The van der Waals surface area contributed by atoms with E-state index in [1.54, 1.807) is 11.8 Å². The molecule has 3 rings (SSSR count). The summed E-state index contributed by atoms with van der Waals surface area (Å²) < 4.78 is 5.34. The summed E-state index contributed by atoms with van der Waals surface area (Å²) in [4.78, 5) is 27.4. The minimum atomic E-state index is -0.610. The molecule has 1 aliphatic carbocycles. The number of benzene rings is 1. The topological polar surface area (TPSA) is 58.6 Å². The molecule has 6 heteroatoms. The zero-order chi connectivity index (χ0) is 19.4. The third kappa shape index (κ3) is 5.16. The summed E-state index contributed by atoms with van der Waals surface area (Å²) in [6, 6.07) is 9.29. The smallest absolute Gasteiger partial charge is 0.408 e. The average molecular weight is 387 g/mol. The van der Waals surface area contributed by atoms with Crippen LogP contribution in [0.15, 0.2) is 54.6 Å². The fourth-order valence-electron chi connectivity index (χ4n) is 3.15. The van der Waals surface area contributed by atoms with Gasteiger partial charge in [0.2, 0.25) is 5.91 Å². The number of nitrogens with one attached hydrogen (secondary N) is 1. The lowest BCUT2D eigenvalue weighted by atomic mass is 10.0. The van der Waals surface area contributed by atoms with Gasteiger partial charge in [-0.3, -0.25) is 4.79 Å². The van der Waals surface area contributed by atoms with E-state index in [9.17, 15) is 9.59 Å². The Kier molecular flexibility index (Phi) is 5.95. The molecule has 1 aromatic carbocycles. The summed E-state index contributed by atoms with van der Waals surface area (Å²) in [5, 5.41) is 2.94. The van der Waals surface area contributed by atoms with Crippen molar-refractivity contribution in [1.29, 1.82) is 0 Å². The molecule has 0 spiro atoms. The van der Waals surface area contributed by atoms with Gasteiger partial charge in [0.1, 0.15) is 11.6 Å². The number of hydrogen-bond donors (Lipinski definition) is 1. The van der Waals surface area contributed by atoms with Crippen LogP contribution in [0.1, 0.15) is 26.3 Å². The maximum absolute atomic E-state index is 13.3. The molecule has 1 N–H and O–H groups in total. The Labute approximate surface area is 164 Å². The molecule has 0 bridgehead atoms. The molecule has 144 valence electrons. The van der Waals surface area contributed by atoms with Crippen molar-refractivity contribution < 1.29 is 14.3 Å². The Morgan fingerprint density at radius 2 is 1.93 bits per heavy atom. The van der Waals surface area contributed by atoms with Gasteiger partial charge in [-0.25, -0.2) is 4.79 Å². The maximum Gasteiger partial charge on any atom is 0.408 e. The molecule has 0 aromatic heterocycles. The van der Waals surface area contributed by atoms with Crippen LogP contribution in [0, 0.1) is 0 Å². The van der Waals surface area contributed by atoms with Crippen molar-refractivity contribution in [2.75, 3.05) is 5.75 Å². The minimum Gasteiger partial charge on any atom is -0.444 e. The van der Waals surface area contributed by atoms with Crippen molar-refractivity contribution in [3.63, 3.8) is 0 Å². The van der Waals surface area contributed by atoms with Crippen molar-refractivity contribution in [2.45, 2.75) is 50.3 Å². The largest absolute Gasteiger partial charge is 0.444 e. The molecule has 1 heterocycles. The number of rotatable bonds is 3. The first-order valence-corrected chi connectivity index (χ1v) is 10.2. The molecule has 2 unspecified atom stereocenters. The Morgan fingerprint density at radius 3 is 2.63 bits per heavy atom. The predicted octanol–water partition coefficient (Wildman–Crippen LogP) is 3.52. The lowest BCUT2D eigenvalue weighted by Gasteiger charge is -2.33. The SMILES string of the molecule is CC(C)(C)OC(=O)N[C@H]1CSC2C=CC=CC2N(Cc2ccccc2)C1=O. The standard InChI is InChI=1S/C21H26N2O3S/c1-21(2,3)26-20(25)22-16-14-27-18-12-8-7-11-17(18)23(19(16)24)13-15-9-5-4-6-10-15/h4-12,16-18H,13-14H2,1-3H3,(H,22,25)/t16-,17?,18?/m0/s1. The zero-order valence-electron chi connectivity index (χ0n) is 15.9. The van der Waals surface area contributed by atoms with Crippen molar-refractivity contribution >= 4 is 23.8 Å². The third-order valence-corrected chi connectivity index (χ3v) is 5.69. The molecule has 1 fully saturated rings. The molecule has 1 aliphatic heterocycles. The highest BCUT2D eigenvalue weighted by molar-refractivity contribution is 8.00. The molecule has 1 aromatic rings. The second-order valence-electron chi connectivity index (χ2n) is 7.71. The number of alkyl carbamates (subject to hydrolysis) is 1. The molecular weight excluding hydrogens is 360 g/mol. The number of amides is 2. The van der Waals surface area contributed by atoms with Crippen LogP contribution < -0.4 is 5.32 Å². The first-order chi connectivity index (χ1) is 12.8. The minimum absolute atomic E-state index is 0.0295. The van der Waals surface area contributed by atoms with E-state index in [0.717, 1.165) is 5.56 Å². The summed E-state index contributed by atoms with van der Waals surface area (Å²) in [5.74, 6) is 0.438. The van der Waals surface area contributed by atoms with Crippen LogP contribution in [-0.2, 0) is 16.1 Å². The normalized spacial score (nSPS) is 24.9. The predicted molar refractivity (Wildman–Crippen MR) is 108 cm³/mol. The highest BCUT2D eigenvalue weighted by Crippen LogP contribution is 2.30. The van der Waals surface area contributed by atoms with E-state index in [1.165, 1.54) is 0 Å². The first kappa shape index (κ1) is 19.5. The molecule has 27 heavy (non-hydrogen) atoms. The third-order valence-electron chi connectivity index (χ3n) is 4.34. The molecule has 2 aliphatic rings. The Hall–Kier alpha value is -2.21. The number of ether oxygens (including phenoxy) is 1. The van der Waals surface area contributed by atoms with Crippen LogP contribution in [0.5, 0.6) is 0 Å². The van der Waals surface area contributed by atoms with Gasteiger partial charge in [-0.2, -0.15) is 0 Å². The first-order valence-electron chi connectivity index (χ1n) is 9.14. The molecule has 0 radical (unpaired) electrons. The monoisotopic (exact) mass is 386 g/mol. The summed E-state index contributed by atoms with van der Waals surface area (Å²) in [7, 11) is 0. The second kappa shape index (κ2) is 8.21. The van der Waals surface area contributed by atoms with Crippen molar-refractivity contribution in [2.24, 2.45) is 0 Å². The van der Waals surface area contributed by atoms with Gasteiger partial charge in [0, 0.05) is 17.5 Å². The number of carbonyl (C=O) groups excluding carboxylic acids is 2. The van der Waals surface area contributed by atoms with E-state index in [4.69, 9.17) is 4.74 Å². The lowest BCUT2D eigenvalue weighted by Crippen LogP contribution is -2.52. The van der Waals surface area contributed by atoms with Gasteiger partial charge < -0.3 is 15.0 Å². The van der Waals surface area contributed by atoms with Crippen LogP contribution in [0.4, 0.5) is 4.79 Å². The zero-order valence-corrected chi connectivity index (χ0v) is 16.7. The van der Waals surface area contributed by atoms with Gasteiger partial charge in [0.05, 0.1) is 6.04 Å². The molecule has 5 nitrogen and oxygen atoms in total. The van der Waals surface area contributed by atoms with E-state index in [-0.39, 0.29) is 17.2 Å². The number of nitrogens with zero attached hydrogens (tertiary/aromatic N) is 1. The number of hydrogen-bond acceptors (Lipinski definition) is 4. The van der Waals surface area contributed by atoms with E-state index < -0.39 is 17.7 Å². The van der Waals surface area contributed by atoms with E-state index in [0.29, 0.717) is 12.3 Å². The molecule has 2 amide bonds. The number of carbonyl (C=O) groups is 2. The Bertz CT molecular complexity index is 740.